The maximum atomic E-state index is 13.6. The lowest BCUT2D eigenvalue weighted by atomic mass is 10.1. The fraction of sp³-hybridized carbons (Fsp3) is 0.519. The van der Waals surface area contributed by atoms with Gasteiger partial charge in [-0.2, -0.15) is 4.31 Å². The molecule has 2 fully saturated rings. The molecule has 8 heteroatoms. The predicted octanol–water partition coefficient (Wildman–Crippen LogP) is 3.30. The predicted molar refractivity (Wildman–Crippen MR) is 137 cm³/mol. The van der Waals surface area contributed by atoms with Crippen molar-refractivity contribution >= 4 is 15.9 Å². The van der Waals surface area contributed by atoms with Crippen molar-refractivity contribution in [1.82, 2.24) is 14.5 Å². The van der Waals surface area contributed by atoms with E-state index in [1.54, 1.807) is 0 Å². The molecule has 35 heavy (non-hydrogen) atoms. The third-order valence-electron chi connectivity index (χ3n) is 6.87. The number of rotatable bonds is 7. The summed E-state index contributed by atoms with van der Waals surface area (Å²) in [6.45, 7) is 11.8. The van der Waals surface area contributed by atoms with Crippen molar-refractivity contribution in [3.63, 3.8) is 0 Å². The largest absolute Gasteiger partial charge is 0.376 e. The molecular formula is C27H37N3O4S. The molecule has 1 amide bonds. The van der Waals surface area contributed by atoms with Gasteiger partial charge in [0.2, 0.25) is 15.9 Å². The van der Waals surface area contributed by atoms with Crippen LogP contribution in [-0.2, 0) is 32.6 Å². The second-order valence-corrected chi connectivity index (χ2v) is 11.8. The monoisotopic (exact) mass is 499 g/mol. The normalized spacial score (nSPS) is 21.8. The highest BCUT2D eigenvalue weighted by molar-refractivity contribution is 7.89. The van der Waals surface area contributed by atoms with Gasteiger partial charge >= 0.3 is 0 Å². The van der Waals surface area contributed by atoms with Crippen LogP contribution in [0.25, 0.3) is 0 Å². The van der Waals surface area contributed by atoms with Crippen LogP contribution >= 0.6 is 0 Å². The number of ether oxygens (including phenoxy) is 1. The minimum atomic E-state index is -3.76. The van der Waals surface area contributed by atoms with Crippen LogP contribution in [0.1, 0.15) is 47.6 Å². The third kappa shape index (κ3) is 5.94. The number of sulfonamides is 1. The summed E-state index contributed by atoms with van der Waals surface area (Å²) < 4.78 is 34.1. The van der Waals surface area contributed by atoms with E-state index in [1.807, 2.05) is 45.0 Å². The molecule has 7 nitrogen and oxygen atoms in total. The van der Waals surface area contributed by atoms with E-state index in [0.29, 0.717) is 30.8 Å². The Hall–Kier alpha value is -2.26. The topological polar surface area (TPSA) is 79.0 Å². The Balaban J connectivity index is 1.42. The fourth-order valence-corrected chi connectivity index (χ4v) is 7.49. The lowest BCUT2D eigenvalue weighted by molar-refractivity contribution is -0.124. The van der Waals surface area contributed by atoms with Gasteiger partial charge in [0.05, 0.1) is 17.6 Å². The van der Waals surface area contributed by atoms with Crippen molar-refractivity contribution in [2.75, 3.05) is 26.2 Å². The van der Waals surface area contributed by atoms with Crippen LogP contribution in [0.3, 0.4) is 0 Å². The Kier molecular flexibility index (Phi) is 7.96. The van der Waals surface area contributed by atoms with Crippen molar-refractivity contribution in [2.24, 2.45) is 0 Å². The molecule has 2 aromatic carbocycles. The van der Waals surface area contributed by atoms with Crippen LogP contribution in [0.2, 0.25) is 0 Å². The zero-order valence-electron chi connectivity index (χ0n) is 21.2. The van der Waals surface area contributed by atoms with E-state index in [9.17, 15) is 13.2 Å². The Labute approximate surface area is 209 Å². The number of amides is 1. The molecule has 2 aromatic rings. The lowest BCUT2D eigenvalue weighted by Crippen LogP contribution is -2.46. The van der Waals surface area contributed by atoms with Crippen LogP contribution in [0, 0.1) is 20.8 Å². The second-order valence-electron chi connectivity index (χ2n) is 9.96. The Morgan fingerprint density at radius 3 is 2.51 bits per heavy atom. The number of hydrogen-bond donors (Lipinski definition) is 1. The van der Waals surface area contributed by atoms with Crippen LogP contribution in [-0.4, -0.2) is 61.9 Å². The summed E-state index contributed by atoms with van der Waals surface area (Å²) >= 11 is 0. The van der Waals surface area contributed by atoms with Crippen molar-refractivity contribution in [3.8, 4) is 0 Å². The number of morpholine rings is 1. The first-order valence-corrected chi connectivity index (χ1v) is 13.9. The van der Waals surface area contributed by atoms with Gasteiger partial charge in [0.1, 0.15) is 6.04 Å². The van der Waals surface area contributed by atoms with E-state index in [1.165, 1.54) is 9.87 Å². The van der Waals surface area contributed by atoms with Crippen LogP contribution in [0.15, 0.2) is 41.3 Å². The quantitative estimate of drug-likeness (QED) is 0.633. The first kappa shape index (κ1) is 25.8. The Morgan fingerprint density at radius 1 is 1.09 bits per heavy atom. The summed E-state index contributed by atoms with van der Waals surface area (Å²) in [4.78, 5) is 15.8. The van der Waals surface area contributed by atoms with Crippen molar-refractivity contribution in [3.05, 3.63) is 64.2 Å². The van der Waals surface area contributed by atoms with Gasteiger partial charge < -0.3 is 10.1 Å². The molecule has 2 heterocycles. The zero-order valence-corrected chi connectivity index (χ0v) is 22.0. The van der Waals surface area contributed by atoms with Crippen molar-refractivity contribution in [1.29, 1.82) is 0 Å². The van der Waals surface area contributed by atoms with Gasteiger partial charge in [-0.1, -0.05) is 42.0 Å². The lowest BCUT2D eigenvalue weighted by Gasteiger charge is -2.31. The van der Waals surface area contributed by atoms with Gasteiger partial charge in [0.25, 0.3) is 0 Å². The summed E-state index contributed by atoms with van der Waals surface area (Å²) in [7, 11) is -3.76. The number of nitrogens with one attached hydrogen (secondary N) is 1. The highest BCUT2D eigenvalue weighted by Crippen LogP contribution is 2.30. The highest BCUT2D eigenvalue weighted by atomic mass is 32.2. The molecule has 2 saturated heterocycles. The molecule has 0 saturated carbocycles. The molecule has 2 aliphatic rings. The Morgan fingerprint density at radius 2 is 1.80 bits per heavy atom. The van der Waals surface area contributed by atoms with Gasteiger partial charge in [0.15, 0.2) is 0 Å². The molecule has 2 unspecified atom stereocenters. The molecule has 2 atom stereocenters. The molecule has 0 radical (unpaired) electrons. The molecular weight excluding hydrogens is 462 g/mol. The minimum absolute atomic E-state index is 0.235. The van der Waals surface area contributed by atoms with Crippen LogP contribution < -0.4 is 5.32 Å². The number of nitrogens with zero attached hydrogens (tertiary/aromatic N) is 2. The van der Waals surface area contributed by atoms with E-state index in [0.717, 1.165) is 48.5 Å². The first-order valence-electron chi connectivity index (χ1n) is 12.4. The number of carbonyl (C=O) groups is 1. The molecule has 190 valence electrons. The van der Waals surface area contributed by atoms with Gasteiger partial charge in [-0.3, -0.25) is 9.69 Å². The summed E-state index contributed by atoms with van der Waals surface area (Å²) in [6.07, 6.45) is 1.45. The van der Waals surface area contributed by atoms with Crippen molar-refractivity contribution < 1.29 is 17.9 Å². The summed E-state index contributed by atoms with van der Waals surface area (Å²) in [5.41, 5.74) is 4.68. The number of aryl methyl sites for hydroxylation is 3. The van der Waals surface area contributed by atoms with Gasteiger partial charge in [-0.05, 0) is 62.8 Å². The molecule has 1 N–H and O–H groups in total. The number of carbonyl (C=O) groups excluding carboxylic acids is 1. The minimum Gasteiger partial charge on any atom is -0.376 e. The van der Waals surface area contributed by atoms with E-state index >= 15 is 0 Å². The van der Waals surface area contributed by atoms with Crippen molar-refractivity contribution in [2.45, 2.75) is 70.7 Å². The van der Waals surface area contributed by atoms with Gasteiger partial charge in [-0.15, -0.1) is 0 Å². The SMILES string of the molecule is Cc1cc(C)c(S(=O)(=O)N2CCCC2C(=O)NCc2cccc(CN3CCOC(C)C3)c2)c(C)c1. The van der Waals surface area contributed by atoms with Gasteiger partial charge in [-0.25, -0.2) is 8.42 Å². The maximum absolute atomic E-state index is 13.6. The molecule has 0 bridgehead atoms. The average Bonchev–Trinajstić information content (AvgIpc) is 3.28. The van der Waals surface area contributed by atoms with E-state index in [4.69, 9.17) is 4.74 Å². The molecule has 0 spiro atoms. The summed E-state index contributed by atoms with van der Waals surface area (Å²) in [5, 5.41) is 2.99. The van der Waals surface area contributed by atoms with Crippen LogP contribution in [0.4, 0.5) is 0 Å². The van der Waals surface area contributed by atoms with E-state index in [2.05, 4.69) is 29.3 Å². The summed E-state index contributed by atoms with van der Waals surface area (Å²) in [5.74, 6) is -0.235. The molecule has 4 rings (SSSR count). The second kappa shape index (κ2) is 10.8. The number of benzene rings is 2. The highest BCUT2D eigenvalue weighted by Gasteiger charge is 2.40. The number of hydrogen-bond acceptors (Lipinski definition) is 5. The van der Waals surface area contributed by atoms with Gasteiger partial charge in [0, 0.05) is 32.7 Å². The Bertz CT molecular complexity index is 1160. The summed E-state index contributed by atoms with van der Waals surface area (Å²) in [6, 6.07) is 11.3. The van der Waals surface area contributed by atoms with Crippen LogP contribution in [0.5, 0.6) is 0 Å². The third-order valence-corrected chi connectivity index (χ3v) is 9.08. The zero-order chi connectivity index (χ0) is 25.2. The average molecular weight is 500 g/mol. The maximum Gasteiger partial charge on any atom is 0.244 e. The van der Waals surface area contributed by atoms with E-state index < -0.39 is 16.1 Å². The molecule has 0 aliphatic carbocycles. The fourth-order valence-electron chi connectivity index (χ4n) is 5.42. The molecule has 2 aliphatic heterocycles. The molecule has 0 aromatic heterocycles. The first-order chi connectivity index (χ1) is 16.6. The standard InChI is InChI=1S/C27H37N3O4S/c1-19-13-20(2)26(21(3)14-19)35(32,33)30-10-6-9-25(30)27(31)28-16-23-7-5-8-24(15-23)18-29-11-12-34-22(4)17-29/h5,7-8,13-15,22,25H,6,9-12,16-18H2,1-4H3,(H,28,31). The smallest absolute Gasteiger partial charge is 0.244 e. The van der Waals surface area contributed by atoms with E-state index in [-0.39, 0.29) is 12.0 Å².